The molecule has 0 radical (unpaired) electrons. The quantitative estimate of drug-likeness (QED) is 0.865. The highest BCUT2D eigenvalue weighted by Gasteiger charge is 2.38. The predicted molar refractivity (Wildman–Crippen MR) is 72.0 cm³/mol. The molecule has 1 aromatic rings. The molecule has 3 N–H and O–H groups in total. The molecule has 0 aliphatic heterocycles. The summed E-state index contributed by atoms with van der Waals surface area (Å²) in [6.45, 7) is 7.42. The molecule has 100 valence electrons. The summed E-state index contributed by atoms with van der Waals surface area (Å²) in [4.78, 5) is 17.1. The molecule has 1 fully saturated rings. The van der Waals surface area contributed by atoms with Gasteiger partial charge in [0, 0.05) is 16.8 Å². The van der Waals surface area contributed by atoms with Crippen LogP contribution in [0.5, 0.6) is 0 Å². The van der Waals surface area contributed by atoms with Crippen molar-refractivity contribution < 1.29 is 9.53 Å². The maximum Gasteiger partial charge on any atom is 0.413 e. The van der Waals surface area contributed by atoms with E-state index in [4.69, 9.17) is 10.5 Å². The summed E-state index contributed by atoms with van der Waals surface area (Å²) in [5.41, 5.74) is 6.27. The fourth-order valence-corrected chi connectivity index (χ4v) is 2.85. The van der Waals surface area contributed by atoms with E-state index < -0.39 is 11.7 Å². The molecule has 6 heteroatoms. The van der Waals surface area contributed by atoms with Crippen LogP contribution in [0.1, 0.15) is 43.7 Å². The van der Waals surface area contributed by atoms with Gasteiger partial charge in [-0.25, -0.2) is 9.78 Å². The van der Waals surface area contributed by atoms with Crippen LogP contribution in [0.4, 0.5) is 9.93 Å². The zero-order valence-corrected chi connectivity index (χ0v) is 11.9. The Kier molecular flexibility index (Phi) is 3.33. The van der Waals surface area contributed by atoms with Crippen LogP contribution in [-0.4, -0.2) is 22.7 Å². The summed E-state index contributed by atoms with van der Waals surface area (Å²) in [5, 5.41) is 3.24. The molecule has 1 heterocycles. The Bertz CT molecular complexity index is 464. The third-order valence-electron chi connectivity index (χ3n) is 2.62. The number of aromatic nitrogens is 1. The Balaban J connectivity index is 2.00. The van der Waals surface area contributed by atoms with Crippen LogP contribution >= 0.6 is 11.3 Å². The number of ether oxygens (including phenoxy) is 1. The van der Waals surface area contributed by atoms with E-state index in [9.17, 15) is 4.79 Å². The van der Waals surface area contributed by atoms with Crippen LogP contribution in [-0.2, 0) is 4.74 Å². The number of nitrogens with two attached hydrogens (primary N) is 1. The van der Waals surface area contributed by atoms with Gasteiger partial charge in [0.15, 0.2) is 5.13 Å². The van der Waals surface area contributed by atoms with Gasteiger partial charge in [-0.05, 0) is 34.1 Å². The lowest BCUT2D eigenvalue weighted by molar-refractivity contribution is 0.0636. The first-order valence-electron chi connectivity index (χ1n) is 5.99. The summed E-state index contributed by atoms with van der Waals surface area (Å²) in [6, 6.07) is 0.249. The van der Waals surface area contributed by atoms with E-state index in [1.165, 1.54) is 16.2 Å². The van der Waals surface area contributed by atoms with Crippen LogP contribution in [0.2, 0.25) is 0 Å². The second-order valence-corrected chi connectivity index (χ2v) is 6.63. The highest BCUT2D eigenvalue weighted by molar-refractivity contribution is 7.16. The van der Waals surface area contributed by atoms with Gasteiger partial charge in [-0.15, -0.1) is 11.3 Å². The molecule has 0 unspecified atom stereocenters. The van der Waals surface area contributed by atoms with Gasteiger partial charge >= 0.3 is 6.09 Å². The van der Waals surface area contributed by atoms with Crippen LogP contribution in [0, 0.1) is 6.92 Å². The second-order valence-electron chi connectivity index (χ2n) is 5.60. The minimum atomic E-state index is -0.502. The van der Waals surface area contributed by atoms with Gasteiger partial charge in [-0.3, -0.25) is 5.32 Å². The molecular formula is C12H19N3O2S. The maximum absolute atomic E-state index is 11.6. The van der Waals surface area contributed by atoms with E-state index in [-0.39, 0.29) is 6.04 Å². The molecular weight excluding hydrogens is 250 g/mol. The van der Waals surface area contributed by atoms with E-state index in [2.05, 4.69) is 10.3 Å². The number of nitrogens with one attached hydrogen (secondary N) is 1. The Labute approximate surface area is 111 Å². The zero-order valence-electron chi connectivity index (χ0n) is 11.1. The van der Waals surface area contributed by atoms with Crippen molar-refractivity contribution >= 4 is 22.6 Å². The molecule has 2 atom stereocenters. The number of hydrogen-bond acceptors (Lipinski definition) is 5. The maximum atomic E-state index is 11.6. The molecule has 18 heavy (non-hydrogen) atoms. The van der Waals surface area contributed by atoms with Crippen molar-refractivity contribution in [3.8, 4) is 0 Å². The highest BCUT2D eigenvalue weighted by atomic mass is 32.1. The summed E-state index contributed by atoms with van der Waals surface area (Å²) in [5.74, 6) is 0.414. The van der Waals surface area contributed by atoms with Gasteiger partial charge in [0.1, 0.15) is 5.60 Å². The minimum Gasteiger partial charge on any atom is -0.444 e. The Morgan fingerprint density at radius 1 is 1.56 bits per heavy atom. The van der Waals surface area contributed by atoms with Crippen LogP contribution < -0.4 is 11.1 Å². The number of nitrogens with zero attached hydrogens (tertiary/aromatic N) is 1. The molecule has 5 nitrogen and oxygen atoms in total. The fraction of sp³-hybridized carbons (Fsp3) is 0.667. The lowest BCUT2D eigenvalue weighted by Gasteiger charge is -2.18. The molecule has 1 aliphatic carbocycles. The monoisotopic (exact) mass is 269 g/mol. The lowest BCUT2D eigenvalue weighted by atomic mass is 10.2. The van der Waals surface area contributed by atoms with Crippen LogP contribution in [0.25, 0.3) is 0 Å². The number of rotatable bonds is 2. The Hall–Kier alpha value is -1.14. The molecule has 0 aromatic carbocycles. The highest BCUT2D eigenvalue weighted by Crippen LogP contribution is 2.44. The summed E-state index contributed by atoms with van der Waals surface area (Å²) in [6.07, 6.45) is 0.539. The zero-order chi connectivity index (χ0) is 13.5. The Morgan fingerprint density at radius 3 is 2.67 bits per heavy atom. The second kappa shape index (κ2) is 4.51. The normalized spacial score (nSPS) is 22.7. The molecule has 0 spiro atoms. The van der Waals surface area contributed by atoms with E-state index in [0.717, 1.165) is 12.1 Å². The first-order valence-corrected chi connectivity index (χ1v) is 6.81. The summed E-state index contributed by atoms with van der Waals surface area (Å²) < 4.78 is 5.18. The number of carbonyl (C=O) groups excluding carboxylic acids is 1. The first kappa shape index (κ1) is 13.3. The SMILES string of the molecule is Cc1nc(NC(=O)OC(C)(C)C)sc1[C@@H]1C[C@H]1N. The lowest BCUT2D eigenvalue weighted by Crippen LogP contribution is -2.27. The van der Waals surface area contributed by atoms with Crippen molar-refractivity contribution in [3.63, 3.8) is 0 Å². The van der Waals surface area contributed by atoms with Crippen LogP contribution in [0.3, 0.4) is 0 Å². The van der Waals surface area contributed by atoms with Crippen molar-refractivity contribution in [3.05, 3.63) is 10.6 Å². The summed E-state index contributed by atoms with van der Waals surface area (Å²) in [7, 11) is 0. The van der Waals surface area contributed by atoms with E-state index in [0.29, 0.717) is 11.0 Å². The number of amides is 1. The minimum absolute atomic E-state index is 0.249. The van der Waals surface area contributed by atoms with Gasteiger partial charge in [-0.2, -0.15) is 0 Å². The molecule has 0 saturated heterocycles. The number of thiazole rings is 1. The van der Waals surface area contributed by atoms with E-state index in [1.807, 2.05) is 27.7 Å². The van der Waals surface area contributed by atoms with Gasteiger partial charge in [0.2, 0.25) is 0 Å². The third kappa shape index (κ3) is 3.20. The molecule has 0 bridgehead atoms. The Morgan fingerprint density at radius 2 is 2.17 bits per heavy atom. The first-order chi connectivity index (χ1) is 8.26. The number of hydrogen-bond donors (Lipinski definition) is 2. The van der Waals surface area contributed by atoms with Crippen molar-refractivity contribution in [2.45, 2.75) is 51.7 Å². The standard InChI is InChI=1S/C12H19N3O2S/c1-6-9(7-5-8(7)13)18-10(14-6)15-11(16)17-12(2,3)4/h7-8H,5,13H2,1-4H3,(H,14,15,16)/t7-,8-/m1/s1. The fourth-order valence-electron chi connectivity index (χ4n) is 1.71. The van der Waals surface area contributed by atoms with Gasteiger partial charge < -0.3 is 10.5 Å². The van der Waals surface area contributed by atoms with E-state index >= 15 is 0 Å². The number of carbonyl (C=O) groups is 1. The van der Waals surface area contributed by atoms with E-state index in [1.54, 1.807) is 0 Å². The molecule has 1 saturated carbocycles. The third-order valence-corrected chi connectivity index (χ3v) is 3.82. The van der Waals surface area contributed by atoms with Crippen molar-refractivity contribution in [1.82, 2.24) is 4.98 Å². The van der Waals surface area contributed by atoms with Crippen molar-refractivity contribution in [2.24, 2.45) is 5.73 Å². The number of aryl methyl sites for hydroxylation is 1. The smallest absolute Gasteiger partial charge is 0.413 e. The predicted octanol–water partition coefficient (Wildman–Crippen LogP) is 2.61. The summed E-state index contributed by atoms with van der Waals surface area (Å²) >= 11 is 1.49. The average Bonchev–Trinajstić information content (AvgIpc) is 2.77. The average molecular weight is 269 g/mol. The molecule has 2 rings (SSSR count). The van der Waals surface area contributed by atoms with Crippen molar-refractivity contribution in [1.29, 1.82) is 0 Å². The molecule has 1 amide bonds. The number of anilines is 1. The van der Waals surface area contributed by atoms with Crippen LogP contribution in [0.15, 0.2) is 0 Å². The van der Waals surface area contributed by atoms with Crippen molar-refractivity contribution in [2.75, 3.05) is 5.32 Å². The van der Waals surface area contributed by atoms with Gasteiger partial charge in [-0.1, -0.05) is 0 Å². The largest absolute Gasteiger partial charge is 0.444 e. The molecule has 1 aromatic heterocycles. The van der Waals surface area contributed by atoms with Gasteiger partial charge in [0.05, 0.1) is 5.69 Å². The molecule has 1 aliphatic rings. The van der Waals surface area contributed by atoms with Gasteiger partial charge in [0.25, 0.3) is 0 Å². The topological polar surface area (TPSA) is 77.2 Å².